The average molecular weight is 313 g/mol. The maximum atomic E-state index is 13.0. The average Bonchev–Trinajstić information content (AvgIpc) is 2.48. The Hall–Kier alpha value is -1.91. The highest BCUT2D eigenvalue weighted by molar-refractivity contribution is 7.89. The predicted octanol–water partition coefficient (Wildman–Crippen LogP) is 3.47. The first kappa shape index (κ1) is 15.0. The summed E-state index contributed by atoms with van der Waals surface area (Å²) in [5.74, 6) is 0. The monoisotopic (exact) mass is 313 g/mol. The first-order valence-corrected chi connectivity index (χ1v) is 8.73. The van der Waals surface area contributed by atoms with E-state index in [0.717, 1.165) is 17.5 Å². The third-order valence-electron chi connectivity index (χ3n) is 4.36. The van der Waals surface area contributed by atoms with Crippen LogP contribution in [0.3, 0.4) is 0 Å². The van der Waals surface area contributed by atoms with Gasteiger partial charge < -0.3 is 0 Å². The predicted molar refractivity (Wildman–Crippen MR) is 88.0 cm³/mol. The van der Waals surface area contributed by atoms with Crippen LogP contribution in [0, 0.1) is 6.92 Å². The highest BCUT2D eigenvalue weighted by atomic mass is 32.2. The Balaban J connectivity index is 2.04. The Morgan fingerprint density at radius 1 is 1.09 bits per heavy atom. The third-order valence-corrected chi connectivity index (χ3v) is 6.32. The zero-order chi connectivity index (χ0) is 15.8. The van der Waals surface area contributed by atoms with Crippen molar-refractivity contribution in [3.05, 3.63) is 78.4 Å². The van der Waals surface area contributed by atoms with Gasteiger partial charge in [-0.05, 0) is 31.0 Å². The number of rotatable bonds is 4. The second-order valence-corrected chi connectivity index (χ2v) is 7.50. The normalized spacial score (nSPS) is 22.0. The molecule has 0 saturated carbocycles. The molecule has 2 aromatic rings. The van der Waals surface area contributed by atoms with Crippen LogP contribution in [0.2, 0.25) is 0 Å². The molecule has 0 bridgehead atoms. The molecular formula is C18H19NO2S. The van der Waals surface area contributed by atoms with Gasteiger partial charge in [-0.2, -0.15) is 4.31 Å². The number of aryl methyl sites for hydroxylation is 1. The lowest BCUT2D eigenvalue weighted by atomic mass is 9.81. The summed E-state index contributed by atoms with van der Waals surface area (Å²) in [4.78, 5) is 0.333. The smallest absolute Gasteiger partial charge is 0.207 e. The van der Waals surface area contributed by atoms with Crippen LogP contribution in [0.4, 0.5) is 0 Å². The van der Waals surface area contributed by atoms with Crippen molar-refractivity contribution in [3.8, 4) is 0 Å². The molecule has 0 aliphatic carbocycles. The van der Waals surface area contributed by atoms with Crippen molar-refractivity contribution in [1.82, 2.24) is 4.31 Å². The quantitative estimate of drug-likeness (QED) is 0.811. The van der Waals surface area contributed by atoms with Gasteiger partial charge in [0.2, 0.25) is 10.0 Å². The molecule has 1 aliphatic rings. The van der Waals surface area contributed by atoms with Crippen molar-refractivity contribution >= 4 is 10.0 Å². The molecule has 2 aromatic carbocycles. The minimum Gasteiger partial charge on any atom is -0.207 e. The highest BCUT2D eigenvalue weighted by Crippen LogP contribution is 2.45. The van der Waals surface area contributed by atoms with Gasteiger partial charge in [-0.1, -0.05) is 54.1 Å². The van der Waals surface area contributed by atoms with Gasteiger partial charge in [-0.15, -0.1) is 6.58 Å². The molecule has 3 rings (SSSR count). The van der Waals surface area contributed by atoms with E-state index >= 15 is 0 Å². The van der Waals surface area contributed by atoms with Gasteiger partial charge in [0.05, 0.1) is 10.4 Å². The molecule has 1 aliphatic heterocycles. The molecule has 1 fully saturated rings. The van der Waals surface area contributed by atoms with Gasteiger partial charge in [-0.3, -0.25) is 0 Å². The van der Waals surface area contributed by atoms with Crippen LogP contribution in [0.5, 0.6) is 0 Å². The fourth-order valence-corrected chi connectivity index (χ4v) is 4.72. The Morgan fingerprint density at radius 2 is 1.73 bits per heavy atom. The van der Waals surface area contributed by atoms with E-state index in [9.17, 15) is 8.42 Å². The van der Waals surface area contributed by atoms with Crippen molar-refractivity contribution in [2.45, 2.75) is 23.8 Å². The molecule has 1 unspecified atom stereocenters. The summed E-state index contributed by atoms with van der Waals surface area (Å²) in [6.07, 6.45) is 2.50. The second-order valence-electron chi connectivity index (χ2n) is 5.63. The van der Waals surface area contributed by atoms with Crippen molar-refractivity contribution < 1.29 is 8.42 Å². The molecule has 3 nitrogen and oxygen atoms in total. The lowest BCUT2D eigenvalue weighted by molar-refractivity contribution is 0.120. The standard InChI is InChI=1S/C18H19NO2S/c1-3-18(16-7-5-4-6-8-16)13-14-19(18)22(20,21)17-11-9-15(2)10-12-17/h3-12H,1,13-14H2,2H3. The van der Waals surface area contributed by atoms with Gasteiger partial charge >= 0.3 is 0 Å². The summed E-state index contributed by atoms with van der Waals surface area (Å²) in [7, 11) is -3.52. The van der Waals surface area contributed by atoms with Gasteiger partial charge in [-0.25, -0.2) is 8.42 Å². The van der Waals surface area contributed by atoms with E-state index in [1.54, 1.807) is 22.5 Å². The van der Waals surface area contributed by atoms with E-state index in [4.69, 9.17) is 0 Å². The van der Waals surface area contributed by atoms with Crippen LogP contribution in [0.1, 0.15) is 17.5 Å². The molecule has 1 atom stereocenters. The summed E-state index contributed by atoms with van der Waals surface area (Å²) in [5.41, 5.74) is 1.37. The topological polar surface area (TPSA) is 37.4 Å². The zero-order valence-electron chi connectivity index (χ0n) is 12.6. The van der Waals surface area contributed by atoms with Crippen LogP contribution < -0.4 is 0 Å². The van der Waals surface area contributed by atoms with Gasteiger partial charge in [0.15, 0.2) is 0 Å². The van der Waals surface area contributed by atoms with Crippen molar-refractivity contribution in [2.24, 2.45) is 0 Å². The van der Waals surface area contributed by atoms with Crippen LogP contribution in [0.25, 0.3) is 0 Å². The fourth-order valence-electron chi connectivity index (χ4n) is 2.95. The van der Waals surface area contributed by atoms with Gasteiger partial charge in [0.1, 0.15) is 0 Å². The lowest BCUT2D eigenvalue weighted by Crippen LogP contribution is -2.58. The van der Waals surface area contributed by atoms with E-state index in [1.165, 1.54) is 0 Å². The number of nitrogens with zero attached hydrogens (tertiary/aromatic N) is 1. The first-order chi connectivity index (χ1) is 10.5. The Bertz CT molecular complexity index is 782. The van der Waals surface area contributed by atoms with Gasteiger partial charge in [0.25, 0.3) is 0 Å². The molecule has 0 amide bonds. The molecule has 0 radical (unpaired) electrons. The van der Waals surface area contributed by atoms with Crippen molar-refractivity contribution in [2.75, 3.05) is 6.54 Å². The van der Waals surface area contributed by atoms with Crippen molar-refractivity contribution in [3.63, 3.8) is 0 Å². The molecule has 0 spiro atoms. The zero-order valence-corrected chi connectivity index (χ0v) is 13.4. The van der Waals surface area contributed by atoms with E-state index in [2.05, 4.69) is 6.58 Å². The molecule has 0 aromatic heterocycles. The maximum absolute atomic E-state index is 13.0. The first-order valence-electron chi connectivity index (χ1n) is 7.29. The summed E-state index contributed by atoms with van der Waals surface area (Å²) in [5, 5.41) is 0. The molecule has 1 heterocycles. The van der Waals surface area contributed by atoms with Crippen LogP contribution >= 0.6 is 0 Å². The SMILES string of the molecule is C=CC1(c2ccccc2)CCN1S(=O)(=O)c1ccc(C)cc1. The number of hydrogen-bond donors (Lipinski definition) is 0. The summed E-state index contributed by atoms with van der Waals surface area (Å²) in [6.45, 7) is 6.35. The molecule has 0 N–H and O–H groups in total. The minimum atomic E-state index is -3.52. The number of hydrogen-bond acceptors (Lipinski definition) is 2. The molecule has 1 saturated heterocycles. The third kappa shape index (κ3) is 2.19. The maximum Gasteiger partial charge on any atom is 0.244 e. The number of benzene rings is 2. The summed E-state index contributed by atoms with van der Waals surface area (Å²) < 4.78 is 27.5. The summed E-state index contributed by atoms with van der Waals surface area (Å²) in [6, 6.07) is 16.7. The second kappa shape index (κ2) is 5.38. The van der Waals surface area contributed by atoms with Gasteiger partial charge in [0, 0.05) is 6.54 Å². The van der Waals surface area contributed by atoms with Crippen molar-refractivity contribution in [1.29, 1.82) is 0 Å². The van der Waals surface area contributed by atoms with E-state index in [0.29, 0.717) is 11.4 Å². The Kier molecular flexibility index (Phi) is 3.67. The van der Waals surface area contributed by atoms with E-state index in [-0.39, 0.29) is 0 Å². The molecular weight excluding hydrogens is 294 g/mol. The van der Waals surface area contributed by atoms with Crippen LogP contribution in [0.15, 0.2) is 72.1 Å². The van der Waals surface area contributed by atoms with Crippen LogP contribution in [-0.4, -0.2) is 19.3 Å². The summed E-state index contributed by atoms with van der Waals surface area (Å²) >= 11 is 0. The fraction of sp³-hybridized carbons (Fsp3) is 0.222. The number of sulfonamides is 1. The highest BCUT2D eigenvalue weighted by Gasteiger charge is 2.50. The minimum absolute atomic E-state index is 0.333. The molecule has 4 heteroatoms. The molecule has 22 heavy (non-hydrogen) atoms. The Morgan fingerprint density at radius 3 is 2.23 bits per heavy atom. The van der Waals surface area contributed by atoms with Crippen LogP contribution in [-0.2, 0) is 15.6 Å². The molecule has 114 valence electrons. The lowest BCUT2D eigenvalue weighted by Gasteiger charge is -2.50. The van der Waals surface area contributed by atoms with E-state index < -0.39 is 15.6 Å². The van der Waals surface area contributed by atoms with E-state index in [1.807, 2.05) is 49.4 Å². The Labute approximate surface area is 132 Å². The largest absolute Gasteiger partial charge is 0.244 e.